The van der Waals surface area contributed by atoms with E-state index >= 15 is 0 Å². The SMILES string of the molecule is CC(C#N)NC(O)c1cccc(-c2cc(-c3ccc(N4CCN(C)CC4)c(-c4ccc(C(N)=O)cc4)c3)[nH]n2)c1. The molecule has 1 aromatic heterocycles. The van der Waals surface area contributed by atoms with Gasteiger partial charge in [-0.3, -0.25) is 15.2 Å². The molecule has 4 aromatic rings. The molecule has 1 fully saturated rings. The van der Waals surface area contributed by atoms with Crippen molar-refractivity contribution in [3.63, 3.8) is 0 Å². The van der Waals surface area contributed by atoms with Crippen LogP contribution in [0.5, 0.6) is 0 Å². The molecule has 2 atom stereocenters. The third-order valence-electron chi connectivity index (χ3n) is 7.31. The molecule has 1 aliphatic heterocycles. The maximum absolute atomic E-state index is 11.6. The van der Waals surface area contributed by atoms with E-state index in [9.17, 15) is 9.90 Å². The van der Waals surface area contributed by atoms with Gasteiger partial charge < -0.3 is 20.6 Å². The molecule has 9 heteroatoms. The van der Waals surface area contributed by atoms with Gasteiger partial charge in [0.1, 0.15) is 6.23 Å². The zero-order valence-electron chi connectivity index (χ0n) is 22.6. The lowest BCUT2D eigenvalue weighted by Gasteiger charge is -2.35. The summed E-state index contributed by atoms with van der Waals surface area (Å²) in [5.41, 5.74) is 13.2. The molecule has 2 heterocycles. The third kappa shape index (κ3) is 5.90. The Bertz CT molecular complexity index is 1530. The number of carbonyl (C=O) groups excluding carboxylic acids is 1. The fourth-order valence-corrected chi connectivity index (χ4v) is 4.93. The molecule has 0 aliphatic carbocycles. The summed E-state index contributed by atoms with van der Waals surface area (Å²) in [5.74, 6) is -0.448. The number of nitriles is 1. The van der Waals surface area contributed by atoms with E-state index in [0.29, 0.717) is 11.1 Å². The lowest BCUT2D eigenvalue weighted by atomic mass is 9.97. The lowest BCUT2D eigenvalue weighted by Crippen LogP contribution is -2.44. The predicted molar refractivity (Wildman–Crippen MR) is 156 cm³/mol. The van der Waals surface area contributed by atoms with Gasteiger partial charge in [0.25, 0.3) is 0 Å². The summed E-state index contributed by atoms with van der Waals surface area (Å²) in [6, 6.07) is 24.9. The summed E-state index contributed by atoms with van der Waals surface area (Å²) in [7, 11) is 2.14. The van der Waals surface area contributed by atoms with Crippen molar-refractivity contribution >= 4 is 11.6 Å². The molecular formula is C31H33N7O2. The molecule has 3 aromatic carbocycles. The average molecular weight is 536 g/mol. The Morgan fingerprint density at radius 1 is 1.02 bits per heavy atom. The minimum Gasteiger partial charge on any atom is -0.374 e. The number of aromatic amines is 1. The fourth-order valence-electron chi connectivity index (χ4n) is 4.93. The number of aliphatic hydroxyl groups excluding tert-OH is 1. The number of nitrogens with zero attached hydrogens (tertiary/aromatic N) is 4. The van der Waals surface area contributed by atoms with Crippen molar-refractivity contribution in [3.05, 3.63) is 83.9 Å². The summed E-state index contributed by atoms with van der Waals surface area (Å²) in [6.07, 6.45) is -0.960. The molecule has 1 saturated heterocycles. The Labute approximate surface area is 233 Å². The van der Waals surface area contributed by atoms with Crippen molar-refractivity contribution in [2.45, 2.75) is 19.2 Å². The van der Waals surface area contributed by atoms with Gasteiger partial charge in [-0.1, -0.05) is 36.4 Å². The van der Waals surface area contributed by atoms with Crippen LogP contribution in [0.1, 0.15) is 29.1 Å². The second-order valence-corrected chi connectivity index (χ2v) is 10.2. The predicted octanol–water partition coefficient (Wildman–Crippen LogP) is 3.75. The van der Waals surface area contributed by atoms with Gasteiger partial charge in [-0.05, 0) is 61.5 Å². The highest BCUT2D eigenvalue weighted by molar-refractivity contribution is 5.94. The Hall–Kier alpha value is -4.49. The highest BCUT2D eigenvalue weighted by Crippen LogP contribution is 2.36. The number of hydrogen-bond donors (Lipinski definition) is 4. The topological polar surface area (TPSA) is 134 Å². The Kier molecular flexibility index (Phi) is 7.94. The highest BCUT2D eigenvalue weighted by atomic mass is 16.3. The number of anilines is 1. The number of rotatable bonds is 8. The van der Waals surface area contributed by atoms with Gasteiger partial charge in [0.05, 0.1) is 23.5 Å². The molecule has 0 saturated carbocycles. The third-order valence-corrected chi connectivity index (χ3v) is 7.31. The number of aliphatic hydroxyl groups is 1. The van der Waals surface area contributed by atoms with E-state index in [2.05, 4.69) is 56.6 Å². The molecule has 1 aliphatic rings. The number of piperazine rings is 1. The molecule has 5 rings (SSSR count). The molecule has 2 unspecified atom stereocenters. The quantitative estimate of drug-likeness (QED) is 0.252. The van der Waals surface area contributed by atoms with Gasteiger partial charge in [0, 0.05) is 54.1 Å². The first-order chi connectivity index (χ1) is 19.3. The van der Waals surface area contributed by atoms with Gasteiger partial charge in [0.2, 0.25) is 5.91 Å². The number of hydrogen-bond acceptors (Lipinski definition) is 7. The Balaban J connectivity index is 1.47. The highest BCUT2D eigenvalue weighted by Gasteiger charge is 2.19. The number of likely N-dealkylation sites (N-methyl/N-ethyl adjacent to an activating group) is 1. The maximum atomic E-state index is 11.6. The van der Waals surface area contributed by atoms with Crippen molar-refractivity contribution in [2.75, 3.05) is 38.1 Å². The van der Waals surface area contributed by atoms with E-state index in [-0.39, 0.29) is 0 Å². The van der Waals surface area contributed by atoms with Crippen LogP contribution in [0.3, 0.4) is 0 Å². The molecule has 204 valence electrons. The fraction of sp³-hybridized carbons (Fsp3) is 0.258. The summed E-state index contributed by atoms with van der Waals surface area (Å²) in [6.45, 7) is 5.54. The van der Waals surface area contributed by atoms with Gasteiger partial charge in [-0.25, -0.2) is 0 Å². The number of amides is 1. The number of nitrogens with one attached hydrogen (secondary N) is 2. The monoisotopic (exact) mass is 535 g/mol. The summed E-state index contributed by atoms with van der Waals surface area (Å²) < 4.78 is 0. The first-order valence-corrected chi connectivity index (χ1v) is 13.3. The van der Waals surface area contributed by atoms with Crippen LogP contribution in [0.15, 0.2) is 72.8 Å². The van der Waals surface area contributed by atoms with Gasteiger partial charge in [-0.15, -0.1) is 0 Å². The summed E-state index contributed by atoms with van der Waals surface area (Å²) in [4.78, 5) is 16.4. The number of carbonyl (C=O) groups is 1. The van der Waals surface area contributed by atoms with Crippen LogP contribution in [0.2, 0.25) is 0 Å². The molecule has 1 amide bonds. The van der Waals surface area contributed by atoms with E-state index in [1.807, 2.05) is 42.5 Å². The van der Waals surface area contributed by atoms with E-state index in [1.54, 1.807) is 19.1 Å². The molecular weight excluding hydrogens is 502 g/mol. The molecule has 0 spiro atoms. The number of benzene rings is 3. The van der Waals surface area contributed by atoms with E-state index < -0.39 is 18.2 Å². The van der Waals surface area contributed by atoms with Crippen molar-refractivity contribution < 1.29 is 9.90 Å². The van der Waals surface area contributed by atoms with Crippen molar-refractivity contribution in [1.82, 2.24) is 20.4 Å². The number of nitrogens with two attached hydrogens (primary N) is 1. The number of H-pyrrole nitrogens is 1. The zero-order chi connectivity index (χ0) is 28.2. The van der Waals surface area contributed by atoms with Crippen molar-refractivity contribution in [2.24, 2.45) is 5.73 Å². The first-order valence-electron chi connectivity index (χ1n) is 13.3. The summed E-state index contributed by atoms with van der Waals surface area (Å²) >= 11 is 0. The van der Waals surface area contributed by atoms with E-state index in [4.69, 9.17) is 11.0 Å². The molecule has 5 N–H and O–H groups in total. The van der Waals surface area contributed by atoms with Crippen LogP contribution in [0.4, 0.5) is 5.69 Å². The lowest BCUT2D eigenvalue weighted by molar-refractivity contribution is 0.1000. The standard InChI is InChI=1S/C31H33N7O2/c1-20(19-32)34-31(40)25-5-3-4-23(16-25)27-18-28(36-35-27)24-10-11-29(38-14-12-37(2)13-15-38)26(17-24)21-6-8-22(9-7-21)30(33)39/h3-11,16-18,20,31,34,40H,12-15H2,1-2H3,(H2,33,39)(H,35,36). The average Bonchev–Trinajstić information content (AvgIpc) is 3.48. The van der Waals surface area contributed by atoms with Crippen LogP contribution < -0.4 is 16.0 Å². The van der Waals surface area contributed by atoms with Crippen LogP contribution >= 0.6 is 0 Å². The van der Waals surface area contributed by atoms with Gasteiger partial charge in [-0.2, -0.15) is 10.4 Å². The van der Waals surface area contributed by atoms with Gasteiger partial charge >= 0.3 is 0 Å². The Morgan fingerprint density at radius 2 is 1.75 bits per heavy atom. The van der Waals surface area contributed by atoms with Crippen molar-refractivity contribution in [1.29, 1.82) is 5.26 Å². The largest absolute Gasteiger partial charge is 0.374 e. The maximum Gasteiger partial charge on any atom is 0.248 e. The molecule has 9 nitrogen and oxygen atoms in total. The summed E-state index contributed by atoms with van der Waals surface area (Å²) in [5, 5.41) is 30.1. The van der Waals surface area contributed by atoms with Crippen LogP contribution in [-0.4, -0.2) is 65.4 Å². The molecule has 40 heavy (non-hydrogen) atoms. The number of primary amides is 1. The number of aromatic nitrogens is 2. The first kappa shape index (κ1) is 27.1. The van der Waals surface area contributed by atoms with Crippen LogP contribution in [0.25, 0.3) is 33.6 Å². The normalized spacial score (nSPS) is 15.4. The zero-order valence-corrected chi connectivity index (χ0v) is 22.6. The minimum atomic E-state index is -0.960. The second kappa shape index (κ2) is 11.7. The van der Waals surface area contributed by atoms with E-state index in [0.717, 1.165) is 65.5 Å². The van der Waals surface area contributed by atoms with Gasteiger partial charge in [0.15, 0.2) is 0 Å². The molecule has 0 bridgehead atoms. The Morgan fingerprint density at radius 3 is 2.45 bits per heavy atom. The van der Waals surface area contributed by atoms with Crippen molar-refractivity contribution in [3.8, 4) is 39.7 Å². The van der Waals surface area contributed by atoms with Crippen LogP contribution in [0, 0.1) is 11.3 Å². The molecule has 0 radical (unpaired) electrons. The smallest absolute Gasteiger partial charge is 0.248 e. The van der Waals surface area contributed by atoms with Crippen LogP contribution in [-0.2, 0) is 0 Å². The van der Waals surface area contributed by atoms with E-state index in [1.165, 1.54) is 0 Å². The minimum absolute atomic E-state index is 0.448. The second-order valence-electron chi connectivity index (χ2n) is 10.2.